The monoisotopic (exact) mass is 311 g/mol. The highest BCUT2D eigenvalue weighted by Crippen LogP contribution is 2.40. The Morgan fingerprint density at radius 2 is 2.10 bits per heavy atom. The second kappa shape index (κ2) is 6.19. The Balaban J connectivity index is 2.34. The second-order valence-electron chi connectivity index (χ2n) is 7.23. The molecule has 1 heterocycles. The van der Waals surface area contributed by atoms with Gasteiger partial charge in [0.2, 0.25) is 0 Å². The summed E-state index contributed by atoms with van der Waals surface area (Å²) in [6, 6.07) is 7.97. The molecule has 21 heavy (non-hydrogen) atoms. The number of hydrogen-bond acceptors (Lipinski definition) is 2. The zero-order chi connectivity index (χ0) is 15.7. The fraction of sp³-hybridized carbons (Fsp3) is 0.647. The van der Waals surface area contributed by atoms with Gasteiger partial charge in [-0.1, -0.05) is 12.1 Å². The van der Waals surface area contributed by atoms with Crippen LogP contribution in [0.3, 0.4) is 0 Å². The molecular weight excluding hydrogens is 282 g/mol. The third kappa shape index (κ3) is 3.93. The summed E-state index contributed by atoms with van der Waals surface area (Å²) in [5, 5.41) is 11.4. The minimum absolute atomic E-state index is 0.298. The number of ether oxygens (including phenoxy) is 1. The normalized spacial score (nSPS) is 30.2. The summed E-state index contributed by atoms with van der Waals surface area (Å²) in [7, 11) is 8.70. The highest BCUT2D eigenvalue weighted by atomic mass is 32.2. The van der Waals surface area contributed by atoms with Gasteiger partial charge in [-0.25, -0.2) is 0 Å². The van der Waals surface area contributed by atoms with Gasteiger partial charge in [-0.2, -0.15) is 0 Å². The predicted molar refractivity (Wildman–Crippen MR) is 90.9 cm³/mol. The van der Waals surface area contributed by atoms with Gasteiger partial charge in [0.25, 0.3) is 0 Å². The molecule has 0 radical (unpaired) electrons. The van der Waals surface area contributed by atoms with Gasteiger partial charge >= 0.3 is 0 Å². The van der Waals surface area contributed by atoms with Gasteiger partial charge in [0, 0.05) is 6.42 Å². The number of hydrogen-bond donors (Lipinski definition) is 1. The highest BCUT2D eigenvalue weighted by molar-refractivity contribution is 7.96. The van der Waals surface area contributed by atoms with Crippen molar-refractivity contribution in [1.29, 1.82) is 0 Å². The summed E-state index contributed by atoms with van der Waals surface area (Å²) in [6.07, 6.45) is 3.18. The standard InChI is InChI=1S/C17H29NO2S/c1-18(2,3)12-15-13-21(5)10-9-17(15,19)14-7-6-8-16(11-14)20-4/h6-8,11,15,19H,9-10,12-13H2,1-5H3/q+2. The molecule has 0 aliphatic carbocycles. The fourth-order valence-electron chi connectivity index (χ4n) is 3.24. The zero-order valence-corrected chi connectivity index (χ0v) is 14.7. The van der Waals surface area contributed by atoms with E-state index in [2.05, 4.69) is 27.4 Å². The van der Waals surface area contributed by atoms with Gasteiger partial charge in [0.1, 0.15) is 22.9 Å². The lowest BCUT2D eigenvalue weighted by molar-refractivity contribution is -0.874. The van der Waals surface area contributed by atoms with Gasteiger partial charge in [-0.05, 0) is 28.6 Å². The third-order valence-corrected chi connectivity index (χ3v) is 6.20. The first-order valence-electron chi connectivity index (χ1n) is 7.51. The number of aliphatic hydroxyl groups is 1. The van der Waals surface area contributed by atoms with E-state index < -0.39 is 5.60 Å². The topological polar surface area (TPSA) is 29.5 Å². The minimum Gasteiger partial charge on any atom is -0.497 e. The summed E-state index contributed by atoms with van der Waals surface area (Å²) in [6.45, 7) is 0.991. The molecule has 0 saturated carbocycles. The lowest BCUT2D eigenvalue weighted by Crippen LogP contribution is -2.53. The molecule has 1 aliphatic heterocycles. The van der Waals surface area contributed by atoms with Gasteiger partial charge in [-0.15, -0.1) is 0 Å². The largest absolute Gasteiger partial charge is 0.497 e. The molecule has 1 aromatic rings. The van der Waals surface area contributed by atoms with E-state index in [1.165, 1.54) is 0 Å². The van der Waals surface area contributed by atoms with Crippen molar-refractivity contribution >= 4 is 10.9 Å². The van der Waals surface area contributed by atoms with E-state index in [1.807, 2.05) is 24.3 Å². The molecule has 1 N–H and O–H groups in total. The van der Waals surface area contributed by atoms with Crippen LogP contribution in [-0.2, 0) is 16.5 Å². The van der Waals surface area contributed by atoms with Crippen LogP contribution < -0.4 is 4.74 Å². The van der Waals surface area contributed by atoms with Crippen LogP contribution in [0, 0.1) is 5.92 Å². The maximum atomic E-state index is 11.4. The maximum Gasteiger partial charge on any atom is 0.119 e. The van der Waals surface area contributed by atoms with Crippen LogP contribution in [0.5, 0.6) is 5.75 Å². The fourth-order valence-corrected chi connectivity index (χ4v) is 5.13. The number of quaternary nitrogens is 1. The lowest BCUT2D eigenvalue weighted by atomic mass is 9.79. The zero-order valence-electron chi connectivity index (χ0n) is 13.9. The van der Waals surface area contributed by atoms with Crippen molar-refractivity contribution in [1.82, 2.24) is 0 Å². The number of nitrogens with zero attached hydrogens (tertiary/aromatic N) is 1. The molecule has 1 aliphatic rings. The molecule has 3 unspecified atom stereocenters. The van der Waals surface area contributed by atoms with Gasteiger partial charge in [-0.3, -0.25) is 0 Å². The van der Waals surface area contributed by atoms with Crippen LogP contribution in [-0.4, -0.2) is 62.1 Å². The maximum absolute atomic E-state index is 11.4. The average molecular weight is 311 g/mol. The summed E-state index contributed by atoms with van der Waals surface area (Å²) < 4.78 is 6.22. The van der Waals surface area contributed by atoms with E-state index in [1.54, 1.807) is 7.11 Å². The molecule has 0 bridgehead atoms. The Morgan fingerprint density at radius 3 is 2.71 bits per heavy atom. The number of rotatable bonds is 4. The number of methoxy groups -OCH3 is 1. The van der Waals surface area contributed by atoms with Gasteiger partial charge in [0.15, 0.2) is 0 Å². The van der Waals surface area contributed by atoms with Crippen LogP contribution in [0.25, 0.3) is 0 Å². The number of benzene rings is 1. The Morgan fingerprint density at radius 1 is 1.38 bits per heavy atom. The van der Waals surface area contributed by atoms with Crippen molar-refractivity contribution < 1.29 is 14.3 Å². The van der Waals surface area contributed by atoms with E-state index in [4.69, 9.17) is 4.74 Å². The van der Waals surface area contributed by atoms with Crippen LogP contribution in [0.2, 0.25) is 0 Å². The Kier molecular flexibility index (Phi) is 4.91. The smallest absolute Gasteiger partial charge is 0.119 e. The van der Waals surface area contributed by atoms with Gasteiger partial charge < -0.3 is 14.3 Å². The van der Waals surface area contributed by atoms with Crippen molar-refractivity contribution in [3.8, 4) is 5.75 Å². The van der Waals surface area contributed by atoms with E-state index in [9.17, 15) is 5.11 Å². The predicted octanol–water partition coefficient (Wildman–Crippen LogP) is 1.86. The Hall–Kier alpha value is -0.710. The summed E-state index contributed by atoms with van der Waals surface area (Å²) in [4.78, 5) is 0. The SMILES string of the molecule is COc1cccc(C2(O)CC[S+](C)CC2C[N+](C)(C)C)c1. The lowest BCUT2D eigenvalue weighted by Gasteiger charge is -2.41. The average Bonchev–Trinajstić information content (AvgIpc) is 2.41. The van der Waals surface area contributed by atoms with Crippen molar-refractivity contribution in [2.45, 2.75) is 12.0 Å². The van der Waals surface area contributed by atoms with Crippen LogP contribution in [0.4, 0.5) is 0 Å². The van der Waals surface area contributed by atoms with Crippen LogP contribution in [0.1, 0.15) is 12.0 Å². The molecule has 0 amide bonds. The highest BCUT2D eigenvalue weighted by Gasteiger charge is 2.48. The van der Waals surface area contributed by atoms with Crippen molar-refractivity contribution in [3.05, 3.63) is 29.8 Å². The first-order chi connectivity index (χ1) is 9.74. The molecule has 1 aromatic carbocycles. The summed E-state index contributed by atoms with van der Waals surface area (Å²) in [5.74, 6) is 3.35. The first-order valence-corrected chi connectivity index (χ1v) is 9.48. The molecule has 3 atom stereocenters. The minimum atomic E-state index is -0.723. The molecule has 0 spiro atoms. The van der Waals surface area contributed by atoms with Crippen LogP contribution in [0.15, 0.2) is 24.3 Å². The van der Waals surface area contributed by atoms with Crippen molar-refractivity contribution in [2.75, 3.05) is 52.6 Å². The molecule has 1 saturated heterocycles. The molecule has 4 heteroatoms. The van der Waals surface area contributed by atoms with E-state index in [0.29, 0.717) is 16.8 Å². The van der Waals surface area contributed by atoms with E-state index in [-0.39, 0.29) is 0 Å². The molecule has 3 nitrogen and oxygen atoms in total. The molecule has 0 aromatic heterocycles. The first kappa shape index (κ1) is 16.7. The molecule has 1 fully saturated rings. The Bertz CT molecular complexity index is 486. The van der Waals surface area contributed by atoms with Crippen LogP contribution >= 0.6 is 0 Å². The van der Waals surface area contributed by atoms with E-state index in [0.717, 1.165) is 40.3 Å². The summed E-state index contributed by atoms with van der Waals surface area (Å²) in [5.41, 5.74) is 0.288. The van der Waals surface area contributed by atoms with E-state index >= 15 is 0 Å². The molecular formula is C17H29NO2S+2. The second-order valence-corrected chi connectivity index (χ2v) is 9.53. The third-order valence-electron chi connectivity index (χ3n) is 4.33. The summed E-state index contributed by atoms with van der Waals surface area (Å²) >= 11 is 0. The molecule has 118 valence electrons. The molecule has 2 rings (SSSR count). The van der Waals surface area contributed by atoms with Gasteiger partial charge in [0.05, 0.1) is 47.0 Å². The van der Waals surface area contributed by atoms with Crippen molar-refractivity contribution in [3.63, 3.8) is 0 Å². The van der Waals surface area contributed by atoms with Crippen molar-refractivity contribution in [2.24, 2.45) is 5.92 Å². The quantitative estimate of drug-likeness (QED) is 0.679. The Labute approximate surface area is 131 Å².